The van der Waals surface area contributed by atoms with Gasteiger partial charge in [0.1, 0.15) is 0 Å². The monoisotopic (exact) mass is 332 g/mol. The molecule has 2 aromatic heterocycles. The third-order valence-corrected chi connectivity index (χ3v) is 4.54. The predicted octanol–water partition coefficient (Wildman–Crippen LogP) is 4.08. The highest BCUT2D eigenvalue weighted by molar-refractivity contribution is 9.11. The first-order valence-corrected chi connectivity index (χ1v) is 7.64. The summed E-state index contributed by atoms with van der Waals surface area (Å²) in [4.78, 5) is 5.74. The van der Waals surface area contributed by atoms with E-state index in [2.05, 4.69) is 44.6 Å². The molecule has 6 heteroatoms. The summed E-state index contributed by atoms with van der Waals surface area (Å²) in [5.41, 5.74) is 1.03. The lowest BCUT2D eigenvalue weighted by Gasteiger charge is -2.10. The van der Waals surface area contributed by atoms with Crippen LogP contribution in [-0.4, -0.2) is 24.7 Å². The first kappa shape index (κ1) is 13.0. The topological polar surface area (TPSA) is 34.1 Å². The van der Waals surface area contributed by atoms with E-state index in [0.717, 1.165) is 14.6 Å². The van der Waals surface area contributed by atoms with E-state index in [1.807, 2.05) is 6.07 Å². The highest BCUT2D eigenvalue weighted by atomic mass is 79.9. The molecule has 0 aliphatic heterocycles. The van der Waals surface area contributed by atoms with Gasteiger partial charge in [-0.2, -0.15) is 0 Å². The van der Waals surface area contributed by atoms with E-state index < -0.39 is 0 Å². The summed E-state index contributed by atoms with van der Waals surface area (Å²) < 4.78 is 6.21. The van der Waals surface area contributed by atoms with Crippen molar-refractivity contribution in [3.05, 3.63) is 21.3 Å². The Labute approximate surface area is 117 Å². The number of ether oxygens (including phenoxy) is 1. The number of thiazole rings is 1. The number of nitrogens with one attached hydrogen (secondary N) is 1. The third kappa shape index (κ3) is 3.51. The van der Waals surface area contributed by atoms with E-state index in [1.165, 1.54) is 4.88 Å². The van der Waals surface area contributed by atoms with Gasteiger partial charge in [-0.05, 0) is 35.0 Å². The molecule has 2 aromatic rings. The van der Waals surface area contributed by atoms with E-state index in [0.29, 0.717) is 6.61 Å². The second-order valence-electron chi connectivity index (χ2n) is 3.64. The molecule has 0 unspecified atom stereocenters. The van der Waals surface area contributed by atoms with Crippen molar-refractivity contribution in [3.8, 4) is 10.6 Å². The number of nitrogens with zero attached hydrogens (tertiary/aromatic N) is 1. The van der Waals surface area contributed by atoms with Crippen molar-refractivity contribution in [2.45, 2.75) is 13.0 Å². The number of hydrogen-bond acceptors (Lipinski definition) is 5. The summed E-state index contributed by atoms with van der Waals surface area (Å²) >= 11 is 6.77. The average Bonchev–Trinajstić information content (AvgIpc) is 2.87. The Morgan fingerprint density at radius 1 is 1.53 bits per heavy atom. The van der Waals surface area contributed by atoms with Crippen molar-refractivity contribution in [1.82, 2.24) is 4.98 Å². The Balaban J connectivity index is 2.05. The van der Waals surface area contributed by atoms with Crippen LogP contribution in [0, 0.1) is 0 Å². The van der Waals surface area contributed by atoms with E-state index in [9.17, 15) is 0 Å². The number of rotatable bonds is 5. The minimum atomic E-state index is 0.272. The Kier molecular flexibility index (Phi) is 4.55. The molecule has 0 bridgehead atoms. The fourth-order valence-electron chi connectivity index (χ4n) is 1.41. The van der Waals surface area contributed by atoms with Crippen LogP contribution < -0.4 is 5.32 Å². The van der Waals surface area contributed by atoms with Crippen molar-refractivity contribution in [3.63, 3.8) is 0 Å². The molecule has 3 nitrogen and oxygen atoms in total. The summed E-state index contributed by atoms with van der Waals surface area (Å²) in [6.07, 6.45) is 0. The lowest BCUT2D eigenvalue weighted by Crippen LogP contribution is -2.20. The molecule has 2 rings (SSSR count). The van der Waals surface area contributed by atoms with Gasteiger partial charge < -0.3 is 10.1 Å². The number of anilines is 1. The number of halogens is 1. The minimum Gasteiger partial charge on any atom is -0.383 e. The molecular formula is C11H13BrN2OS2. The fraction of sp³-hybridized carbons (Fsp3) is 0.364. The molecular weight excluding hydrogens is 320 g/mol. The quantitative estimate of drug-likeness (QED) is 0.895. The van der Waals surface area contributed by atoms with Gasteiger partial charge in [0.15, 0.2) is 5.13 Å². The minimum absolute atomic E-state index is 0.272. The first-order chi connectivity index (χ1) is 8.19. The van der Waals surface area contributed by atoms with Gasteiger partial charge in [-0.3, -0.25) is 0 Å². The van der Waals surface area contributed by atoms with Gasteiger partial charge in [-0.1, -0.05) is 0 Å². The van der Waals surface area contributed by atoms with Gasteiger partial charge in [-0.15, -0.1) is 22.7 Å². The Morgan fingerprint density at radius 2 is 2.35 bits per heavy atom. The summed E-state index contributed by atoms with van der Waals surface area (Å²) in [5, 5.41) is 6.32. The summed E-state index contributed by atoms with van der Waals surface area (Å²) in [5.74, 6) is 0. The standard InChI is InChI=1S/C11H13BrN2OS2/c1-7(5-15-2)13-11-14-8(6-16-11)9-3-4-10(12)17-9/h3-4,6-7H,5H2,1-2H3,(H,13,14)/t7-/m0/s1. The molecule has 0 aliphatic carbocycles. The SMILES string of the molecule is COC[C@H](C)Nc1nc(-c2ccc(Br)s2)cs1. The molecule has 1 N–H and O–H groups in total. The molecule has 0 amide bonds. The van der Waals surface area contributed by atoms with Gasteiger partial charge in [0.25, 0.3) is 0 Å². The maximum absolute atomic E-state index is 5.08. The maximum Gasteiger partial charge on any atom is 0.183 e. The third-order valence-electron chi connectivity index (χ3n) is 2.12. The maximum atomic E-state index is 5.08. The van der Waals surface area contributed by atoms with Gasteiger partial charge >= 0.3 is 0 Å². The Hall–Kier alpha value is -0.430. The molecule has 0 aliphatic rings. The van der Waals surface area contributed by atoms with E-state index in [1.54, 1.807) is 29.8 Å². The highest BCUT2D eigenvalue weighted by Gasteiger charge is 2.08. The summed E-state index contributed by atoms with van der Waals surface area (Å²) in [6.45, 7) is 2.76. The number of methoxy groups -OCH3 is 1. The summed E-state index contributed by atoms with van der Waals surface area (Å²) in [6, 6.07) is 4.39. The van der Waals surface area contributed by atoms with Crippen molar-refractivity contribution >= 4 is 43.7 Å². The lowest BCUT2D eigenvalue weighted by atomic mass is 10.4. The van der Waals surface area contributed by atoms with Crippen LogP contribution in [0.2, 0.25) is 0 Å². The molecule has 0 fully saturated rings. The zero-order valence-electron chi connectivity index (χ0n) is 9.57. The van der Waals surface area contributed by atoms with Crippen LogP contribution in [0.1, 0.15) is 6.92 Å². The lowest BCUT2D eigenvalue weighted by molar-refractivity contribution is 0.190. The van der Waals surface area contributed by atoms with E-state index in [-0.39, 0.29) is 6.04 Å². The molecule has 2 heterocycles. The molecule has 0 spiro atoms. The second kappa shape index (κ2) is 5.95. The largest absolute Gasteiger partial charge is 0.383 e. The van der Waals surface area contributed by atoms with Crippen LogP contribution in [0.25, 0.3) is 10.6 Å². The highest BCUT2D eigenvalue weighted by Crippen LogP contribution is 2.33. The zero-order chi connectivity index (χ0) is 12.3. The molecule has 17 heavy (non-hydrogen) atoms. The van der Waals surface area contributed by atoms with Crippen LogP contribution in [0.4, 0.5) is 5.13 Å². The van der Waals surface area contributed by atoms with Crippen LogP contribution in [0.3, 0.4) is 0 Å². The number of hydrogen-bond donors (Lipinski definition) is 1. The smallest absolute Gasteiger partial charge is 0.183 e. The van der Waals surface area contributed by atoms with Crippen molar-refractivity contribution < 1.29 is 4.74 Å². The Bertz CT molecular complexity index is 483. The summed E-state index contributed by atoms with van der Waals surface area (Å²) in [7, 11) is 1.70. The Morgan fingerprint density at radius 3 is 3.00 bits per heavy atom. The number of thiophene rings is 1. The van der Waals surface area contributed by atoms with Gasteiger partial charge in [-0.25, -0.2) is 4.98 Å². The normalized spacial score (nSPS) is 12.6. The fourth-order valence-corrected chi connectivity index (χ4v) is 3.65. The number of aromatic nitrogens is 1. The zero-order valence-corrected chi connectivity index (χ0v) is 12.8. The van der Waals surface area contributed by atoms with Gasteiger partial charge in [0.2, 0.25) is 0 Å². The van der Waals surface area contributed by atoms with Crippen LogP contribution in [0.5, 0.6) is 0 Å². The molecule has 0 aromatic carbocycles. The molecule has 1 atom stereocenters. The van der Waals surface area contributed by atoms with E-state index in [4.69, 9.17) is 4.74 Å². The second-order valence-corrected chi connectivity index (χ2v) is 6.96. The predicted molar refractivity (Wildman–Crippen MR) is 78.1 cm³/mol. The van der Waals surface area contributed by atoms with Gasteiger partial charge in [0.05, 0.1) is 21.0 Å². The van der Waals surface area contributed by atoms with Crippen molar-refractivity contribution in [1.29, 1.82) is 0 Å². The van der Waals surface area contributed by atoms with Crippen molar-refractivity contribution in [2.24, 2.45) is 0 Å². The molecule has 0 saturated carbocycles. The average molecular weight is 333 g/mol. The molecule has 0 radical (unpaired) electrons. The van der Waals surface area contributed by atoms with Crippen LogP contribution in [0.15, 0.2) is 21.3 Å². The molecule has 0 saturated heterocycles. The van der Waals surface area contributed by atoms with Crippen molar-refractivity contribution in [2.75, 3.05) is 19.0 Å². The van der Waals surface area contributed by atoms with Crippen LogP contribution >= 0.6 is 38.6 Å². The first-order valence-electron chi connectivity index (χ1n) is 5.15. The van der Waals surface area contributed by atoms with Crippen LogP contribution in [-0.2, 0) is 4.74 Å². The van der Waals surface area contributed by atoms with Gasteiger partial charge in [0, 0.05) is 18.5 Å². The van der Waals surface area contributed by atoms with E-state index >= 15 is 0 Å². The molecule has 92 valence electrons.